The van der Waals surface area contributed by atoms with Crippen molar-refractivity contribution in [3.63, 3.8) is 0 Å². The molecule has 3 N–H and O–H groups in total. The SMILES string of the molecule is Clc1ccc2nsnc2c1NC1=NCCN1.O=CO. The number of fused-ring (bicyclic) bond motifs is 1. The van der Waals surface area contributed by atoms with Crippen LogP contribution in [0.5, 0.6) is 0 Å². The molecule has 0 fully saturated rings. The second-order valence-corrected chi connectivity index (χ2v) is 4.38. The minimum absolute atomic E-state index is 0.250. The Morgan fingerprint density at radius 1 is 1.47 bits per heavy atom. The van der Waals surface area contributed by atoms with Crippen molar-refractivity contribution in [2.24, 2.45) is 4.99 Å². The molecule has 9 heteroatoms. The van der Waals surface area contributed by atoms with Crippen molar-refractivity contribution < 1.29 is 9.90 Å². The zero-order valence-electron chi connectivity index (χ0n) is 9.63. The Bertz CT molecular complexity index is 615. The molecule has 1 aromatic heterocycles. The predicted octanol–water partition coefficient (Wildman–Crippen LogP) is 1.42. The monoisotopic (exact) mass is 299 g/mol. The maximum atomic E-state index is 8.36. The lowest BCUT2D eigenvalue weighted by Crippen LogP contribution is -2.26. The number of halogens is 1. The first-order valence-corrected chi connectivity index (χ1v) is 6.41. The van der Waals surface area contributed by atoms with Gasteiger partial charge in [-0.2, -0.15) is 8.75 Å². The standard InChI is InChI=1S/C9H8ClN5S.CH2O2/c10-5-1-2-6-8(15-16-14-6)7(5)13-9-11-3-4-12-9;2-1-3/h1-2H,3-4H2,(H2,11,12,13);1H,(H,2,3). The Hall–Kier alpha value is -1.93. The van der Waals surface area contributed by atoms with E-state index in [1.54, 1.807) is 0 Å². The fourth-order valence-electron chi connectivity index (χ4n) is 1.55. The average molecular weight is 300 g/mol. The molecule has 0 bridgehead atoms. The highest BCUT2D eigenvalue weighted by Gasteiger charge is 2.13. The first-order valence-electron chi connectivity index (χ1n) is 5.30. The summed E-state index contributed by atoms with van der Waals surface area (Å²) < 4.78 is 8.39. The fourth-order valence-corrected chi connectivity index (χ4v) is 2.29. The summed E-state index contributed by atoms with van der Waals surface area (Å²) in [6, 6.07) is 3.67. The van der Waals surface area contributed by atoms with E-state index < -0.39 is 0 Å². The minimum atomic E-state index is -0.250. The molecule has 0 radical (unpaired) electrons. The van der Waals surface area contributed by atoms with E-state index in [4.69, 9.17) is 21.5 Å². The van der Waals surface area contributed by atoms with Crippen LogP contribution >= 0.6 is 23.3 Å². The summed E-state index contributed by atoms with van der Waals surface area (Å²) in [4.78, 5) is 12.6. The van der Waals surface area contributed by atoms with Gasteiger partial charge in [-0.05, 0) is 12.1 Å². The van der Waals surface area contributed by atoms with E-state index in [-0.39, 0.29) is 6.47 Å². The number of anilines is 1. The number of hydrogen-bond acceptors (Lipinski definition) is 7. The van der Waals surface area contributed by atoms with Crippen molar-refractivity contribution in [3.8, 4) is 0 Å². The molecule has 0 saturated heterocycles. The van der Waals surface area contributed by atoms with Crippen LogP contribution < -0.4 is 10.6 Å². The molecule has 3 rings (SSSR count). The highest BCUT2D eigenvalue weighted by atomic mass is 35.5. The summed E-state index contributed by atoms with van der Waals surface area (Å²) in [5, 5.41) is 13.8. The minimum Gasteiger partial charge on any atom is -0.483 e. The van der Waals surface area contributed by atoms with Gasteiger partial charge in [-0.15, -0.1) is 0 Å². The highest BCUT2D eigenvalue weighted by molar-refractivity contribution is 7.00. The first-order chi connectivity index (χ1) is 9.26. The number of aliphatic imine (C=N–C) groups is 1. The molecule has 19 heavy (non-hydrogen) atoms. The molecule has 1 aromatic carbocycles. The second kappa shape index (κ2) is 6.30. The van der Waals surface area contributed by atoms with E-state index in [1.165, 1.54) is 11.7 Å². The number of hydrogen-bond donors (Lipinski definition) is 3. The van der Waals surface area contributed by atoms with E-state index in [0.29, 0.717) is 5.02 Å². The van der Waals surface area contributed by atoms with Gasteiger partial charge in [-0.3, -0.25) is 9.79 Å². The molecule has 0 spiro atoms. The van der Waals surface area contributed by atoms with Crippen LogP contribution in [0.4, 0.5) is 5.69 Å². The van der Waals surface area contributed by atoms with E-state index in [9.17, 15) is 0 Å². The highest BCUT2D eigenvalue weighted by Crippen LogP contribution is 2.29. The van der Waals surface area contributed by atoms with Crippen LogP contribution in [-0.4, -0.2) is 39.4 Å². The number of benzene rings is 1. The van der Waals surface area contributed by atoms with Gasteiger partial charge in [0.2, 0.25) is 0 Å². The molecule has 0 unspecified atom stereocenters. The molecule has 1 aliphatic rings. The Labute approximate surface area is 117 Å². The molecule has 7 nitrogen and oxygen atoms in total. The van der Waals surface area contributed by atoms with Gasteiger partial charge < -0.3 is 15.7 Å². The Morgan fingerprint density at radius 3 is 2.95 bits per heavy atom. The summed E-state index contributed by atoms with van der Waals surface area (Å²) in [5.74, 6) is 0.738. The molecule has 0 atom stereocenters. The third-order valence-electron chi connectivity index (χ3n) is 2.29. The summed E-state index contributed by atoms with van der Waals surface area (Å²) in [6.45, 7) is 1.39. The van der Waals surface area contributed by atoms with Crippen LogP contribution in [0.3, 0.4) is 0 Å². The van der Waals surface area contributed by atoms with Gasteiger partial charge in [0.1, 0.15) is 11.0 Å². The molecule has 1 aliphatic heterocycles. The number of aromatic nitrogens is 2. The molecule has 100 valence electrons. The molecule has 2 aromatic rings. The number of nitrogens with one attached hydrogen (secondary N) is 2. The quantitative estimate of drug-likeness (QED) is 0.689. The zero-order valence-corrected chi connectivity index (χ0v) is 11.2. The van der Waals surface area contributed by atoms with Gasteiger partial charge in [0.25, 0.3) is 6.47 Å². The molecule has 0 saturated carbocycles. The van der Waals surface area contributed by atoms with Crippen molar-refractivity contribution in [1.82, 2.24) is 14.1 Å². The number of carboxylic acid groups (broad SMARTS) is 1. The normalized spacial score (nSPS) is 13.2. The lowest BCUT2D eigenvalue weighted by Gasteiger charge is -2.08. The van der Waals surface area contributed by atoms with Gasteiger partial charge in [0.05, 0.1) is 29.0 Å². The van der Waals surface area contributed by atoms with Crippen molar-refractivity contribution in [2.45, 2.75) is 0 Å². The van der Waals surface area contributed by atoms with E-state index in [2.05, 4.69) is 24.4 Å². The predicted molar refractivity (Wildman–Crippen MR) is 75.0 cm³/mol. The topological polar surface area (TPSA) is 99.5 Å². The summed E-state index contributed by atoms with van der Waals surface area (Å²) >= 11 is 7.30. The Balaban J connectivity index is 0.000000408. The molecule has 0 amide bonds. The lowest BCUT2D eigenvalue weighted by atomic mass is 10.2. The van der Waals surface area contributed by atoms with Crippen LogP contribution in [0.25, 0.3) is 11.0 Å². The van der Waals surface area contributed by atoms with E-state index in [1.807, 2.05) is 12.1 Å². The van der Waals surface area contributed by atoms with E-state index >= 15 is 0 Å². The number of nitrogens with zero attached hydrogens (tertiary/aromatic N) is 3. The van der Waals surface area contributed by atoms with Crippen LogP contribution in [0.1, 0.15) is 0 Å². The van der Waals surface area contributed by atoms with Crippen molar-refractivity contribution in [3.05, 3.63) is 17.2 Å². The third-order valence-corrected chi connectivity index (χ3v) is 3.15. The molecular weight excluding hydrogens is 290 g/mol. The maximum Gasteiger partial charge on any atom is 0.290 e. The third kappa shape index (κ3) is 3.09. The fraction of sp³-hybridized carbons (Fsp3) is 0.200. The number of carbonyl (C=O) groups is 1. The van der Waals surface area contributed by atoms with Crippen LogP contribution in [-0.2, 0) is 4.79 Å². The van der Waals surface area contributed by atoms with Crippen LogP contribution in [0.15, 0.2) is 17.1 Å². The summed E-state index contributed by atoms with van der Waals surface area (Å²) in [7, 11) is 0. The molecule has 2 heterocycles. The first kappa shape index (κ1) is 13.5. The lowest BCUT2D eigenvalue weighted by molar-refractivity contribution is -0.122. The van der Waals surface area contributed by atoms with Crippen LogP contribution in [0.2, 0.25) is 5.02 Å². The smallest absolute Gasteiger partial charge is 0.290 e. The number of rotatable bonds is 1. The summed E-state index contributed by atoms with van der Waals surface area (Å²) in [5.41, 5.74) is 2.39. The van der Waals surface area contributed by atoms with Gasteiger partial charge in [-0.1, -0.05) is 11.6 Å². The van der Waals surface area contributed by atoms with Gasteiger partial charge in [0, 0.05) is 6.54 Å². The van der Waals surface area contributed by atoms with Crippen LogP contribution in [0, 0.1) is 0 Å². The zero-order chi connectivity index (χ0) is 13.7. The Kier molecular flexibility index (Phi) is 4.48. The van der Waals surface area contributed by atoms with Gasteiger partial charge >= 0.3 is 0 Å². The summed E-state index contributed by atoms with van der Waals surface area (Å²) in [6.07, 6.45) is 0. The van der Waals surface area contributed by atoms with Gasteiger partial charge in [-0.25, -0.2) is 0 Å². The Morgan fingerprint density at radius 2 is 2.26 bits per heavy atom. The van der Waals surface area contributed by atoms with Crippen molar-refractivity contribution in [1.29, 1.82) is 0 Å². The second-order valence-electron chi connectivity index (χ2n) is 3.44. The van der Waals surface area contributed by atoms with Crippen molar-refractivity contribution in [2.75, 3.05) is 18.4 Å². The van der Waals surface area contributed by atoms with Crippen molar-refractivity contribution >= 4 is 52.5 Å². The molecular formula is C10H10ClN5O2S. The average Bonchev–Trinajstić information content (AvgIpc) is 3.04. The largest absolute Gasteiger partial charge is 0.483 e. The van der Waals surface area contributed by atoms with Gasteiger partial charge in [0.15, 0.2) is 5.96 Å². The maximum absolute atomic E-state index is 8.36. The van der Waals surface area contributed by atoms with E-state index in [0.717, 1.165) is 35.8 Å². The number of guanidine groups is 1. The molecule has 0 aliphatic carbocycles.